The molecule has 1 aromatic rings. The monoisotopic (exact) mass is 227 g/mol. The minimum absolute atomic E-state index is 0.106. The Morgan fingerprint density at radius 3 is 2.81 bits per heavy atom. The molecular formula is C12H15F2NO. The first-order valence-corrected chi connectivity index (χ1v) is 5.46. The highest BCUT2D eigenvalue weighted by Crippen LogP contribution is 2.23. The van der Waals surface area contributed by atoms with E-state index in [2.05, 4.69) is 5.32 Å². The van der Waals surface area contributed by atoms with Crippen LogP contribution in [0.2, 0.25) is 0 Å². The molecule has 2 nitrogen and oxygen atoms in total. The minimum atomic E-state index is -0.650. The molecule has 0 radical (unpaired) electrons. The van der Waals surface area contributed by atoms with Gasteiger partial charge in [-0.25, -0.2) is 8.78 Å². The molecule has 0 aliphatic carbocycles. The minimum Gasteiger partial charge on any atom is -0.494 e. The highest BCUT2D eigenvalue weighted by atomic mass is 19.1. The predicted molar refractivity (Wildman–Crippen MR) is 57.6 cm³/mol. The molecule has 2 rings (SSSR count). The van der Waals surface area contributed by atoms with Gasteiger partial charge in [0, 0.05) is 12.1 Å². The number of benzene rings is 1. The zero-order chi connectivity index (χ0) is 11.5. The first kappa shape index (κ1) is 11.3. The first-order valence-electron chi connectivity index (χ1n) is 5.46. The van der Waals surface area contributed by atoms with E-state index in [0.717, 1.165) is 25.5 Å². The zero-order valence-electron chi connectivity index (χ0n) is 9.22. The Labute approximate surface area is 93.6 Å². The standard InChI is InChI=1S/C12H15F2NO/c1-16-12-6-8(10(13)7-11(12)14)5-9-3-2-4-15-9/h6-7,9,15H,2-5H2,1H3. The van der Waals surface area contributed by atoms with Crippen LogP contribution < -0.4 is 10.1 Å². The van der Waals surface area contributed by atoms with Gasteiger partial charge in [0.05, 0.1) is 7.11 Å². The van der Waals surface area contributed by atoms with Crippen molar-refractivity contribution in [3.8, 4) is 5.75 Å². The molecule has 16 heavy (non-hydrogen) atoms. The molecule has 1 aromatic carbocycles. The summed E-state index contributed by atoms with van der Waals surface area (Å²) in [6, 6.07) is 2.64. The van der Waals surface area contributed by atoms with Crippen molar-refractivity contribution >= 4 is 0 Å². The first-order chi connectivity index (χ1) is 7.70. The SMILES string of the molecule is COc1cc(CC2CCCN2)c(F)cc1F. The highest BCUT2D eigenvalue weighted by Gasteiger charge is 2.18. The van der Waals surface area contributed by atoms with Crippen LogP contribution in [0.25, 0.3) is 0 Å². The summed E-state index contributed by atoms with van der Waals surface area (Å²) in [5.41, 5.74) is 0.512. The van der Waals surface area contributed by atoms with Crippen LogP contribution in [0.15, 0.2) is 12.1 Å². The lowest BCUT2D eigenvalue weighted by Crippen LogP contribution is -2.24. The lowest BCUT2D eigenvalue weighted by atomic mass is 10.0. The maximum Gasteiger partial charge on any atom is 0.167 e. The van der Waals surface area contributed by atoms with Crippen LogP contribution in [0.3, 0.4) is 0 Å². The molecule has 1 N–H and O–H groups in total. The van der Waals surface area contributed by atoms with Gasteiger partial charge in [-0.2, -0.15) is 0 Å². The van der Waals surface area contributed by atoms with E-state index in [-0.39, 0.29) is 5.75 Å². The van der Waals surface area contributed by atoms with Gasteiger partial charge in [-0.3, -0.25) is 0 Å². The molecule has 1 fully saturated rings. The van der Waals surface area contributed by atoms with E-state index < -0.39 is 11.6 Å². The summed E-state index contributed by atoms with van der Waals surface area (Å²) < 4.78 is 31.5. The third-order valence-electron chi connectivity index (χ3n) is 2.95. The second-order valence-electron chi connectivity index (χ2n) is 4.08. The average molecular weight is 227 g/mol. The Hall–Kier alpha value is -1.16. The lowest BCUT2D eigenvalue weighted by Gasteiger charge is -2.12. The Morgan fingerprint density at radius 2 is 2.19 bits per heavy atom. The quantitative estimate of drug-likeness (QED) is 0.855. The van der Waals surface area contributed by atoms with Crippen molar-refractivity contribution in [2.45, 2.75) is 25.3 Å². The molecule has 1 unspecified atom stereocenters. The molecule has 1 aliphatic heterocycles. The molecule has 0 aromatic heterocycles. The Morgan fingerprint density at radius 1 is 1.38 bits per heavy atom. The van der Waals surface area contributed by atoms with Crippen LogP contribution in [0.1, 0.15) is 18.4 Å². The largest absolute Gasteiger partial charge is 0.494 e. The van der Waals surface area contributed by atoms with Crippen LogP contribution in [0, 0.1) is 11.6 Å². The number of hydrogen-bond donors (Lipinski definition) is 1. The maximum absolute atomic E-state index is 13.5. The van der Waals surface area contributed by atoms with Crippen LogP contribution in [-0.4, -0.2) is 19.7 Å². The number of methoxy groups -OCH3 is 1. The summed E-state index contributed by atoms with van der Waals surface area (Å²) in [6.07, 6.45) is 2.74. The fourth-order valence-corrected chi connectivity index (χ4v) is 2.08. The summed E-state index contributed by atoms with van der Waals surface area (Å²) >= 11 is 0. The molecule has 1 aliphatic rings. The van der Waals surface area contributed by atoms with Crippen molar-refractivity contribution in [2.24, 2.45) is 0 Å². The molecule has 0 amide bonds. The van der Waals surface area contributed by atoms with Crippen LogP contribution in [0.5, 0.6) is 5.75 Å². The summed E-state index contributed by atoms with van der Waals surface area (Å²) in [6.45, 7) is 0.977. The van der Waals surface area contributed by atoms with E-state index in [4.69, 9.17) is 4.74 Å². The second kappa shape index (κ2) is 4.78. The summed E-state index contributed by atoms with van der Waals surface area (Å²) in [5.74, 6) is -1.04. The molecule has 0 saturated carbocycles. The van der Waals surface area contributed by atoms with Crippen molar-refractivity contribution in [1.82, 2.24) is 5.32 Å². The van der Waals surface area contributed by atoms with E-state index in [0.29, 0.717) is 18.0 Å². The van der Waals surface area contributed by atoms with Gasteiger partial charge in [-0.15, -0.1) is 0 Å². The highest BCUT2D eigenvalue weighted by molar-refractivity contribution is 5.32. The lowest BCUT2D eigenvalue weighted by molar-refractivity contribution is 0.382. The van der Waals surface area contributed by atoms with Gasteiger partial charge in [-0.05, 0) is 37.4 Å². The number of nitrogens with one attached hydrogen (secondary N) is 1. The second-order valence-corrected chi connectivity index (χ2v) is 4.08. The molecular weight excluding hydrogens is 212 g/mol. The van der Waals surface area contributed by atoms with Crippen molar-refractivity contribution in [1.29, 1.82) is 0 Å². The predicted octanol–water partition coefficient (Wildman–Crippen LogP) is 2.27. The molecule has 4 heteroatoms. The van der Waals surface area contributed by atoms with Crippen molar-refractivity contribution < 1.29 is 13.5 Å². The van der Waals surface area contributed by atoms with Crippen molar-refractivity contribution in [3.05, 3.63) is 29.3 Å². The van der Waals surface area contributed by atoms with Gasteiger partial charge >= 0.3 is 0 Å². The summed E-state index contributed by atoms with van der Waals surface area (Å²) in [4.78, 5) is 0. The summed E-state index contributed by atoms with van der Waals surface area (Å²) in [7, 11) is 1.38. The van der Waals surface area contributed by atoms with E-state index in [1.807, 2.05) is 0 Å². The summed E-state index contributed by atoms with van der Waals surface area (Å²) in [5, 5.41) is 3.28. The van der Waals surface area contributed by atoms with E-state index in [9.17, 15) is 8.78 Å². The number of halogens is 2. The fourth-order valence-electron chi connectivity index (χ4n) is 2.08. The zero-order valence-corrected chi connectivity index (χ0v) is 9.22. The van der Waals surface area contributed by atoms with Crippen LogP contribution in [-0.2, 0) is 6.42 Å². The Balaban J connectivity index is 2.18. The topological polar surface area (TPSA) is 21.3 Å². The maximum atomic E-state index is 13.5. The smallest absolute Gasteiger partial charge is 0.167 e. The van der Waals surface area contributed by atoms with Crippen molar-refractivity contribution in [2.75, 3.05) is 13.7 Å². The van der Waals surface area contributed by atoms with E-state index >= 15 is 0 Å². The third kappa shape index (κ3) is 2.32. The van der Waals surface area contributed by atoms with Gasteiger partial charge in [-0.1, -0.05) is 0 Å². The van der Waals surface area contributed by atoms with Crippen LogP contribution >= 0.6 is 0 Å². The Bertz CT molecular complexity index is 376. The van der Waals surface area contributed by atoms with E-state index in [1.54, 1.807) is 0 Å². The fraction of sp³-hybridized carbons (Fsp3) is 0.500. The number of rotatable bonds is 3. The third-order valence-corrected chi connectivity index (χ3v) is 2.95. The number of hydrogen-bond acceptors (Lipinski definition) is 2. The molecule has 1 heterocycles. The molecule has 88 valence electrons. The normalized spacial score (nSPS) is 20.1. The molecule has 0 bridgehead atoms. The van der Waals surface area contributed by atoms with E-state index in [1.165, 1.54) is 13.2 Å². The average Bonchev–Trinajstić information content (AvgIpc) is 2.75. The van der Waals surface area contributed by atoms with Gasteiger partial charge < -0.3 is 10.1 Å². The van der Waals surface area contributed by atoms with Gasteiger partial charge in [0.15, 0.2) is 11.6 Å². The van der Waals surface area contributed by atoms with Crippen molar-refractivity contribution in [3.63, 3.8) is 0 Å². The molecule has 0 spiro atoms. The number of ether oxygens (including phenoxy) is 1. The van der Waals surface area contributed by atoms with Gasteiger partial charge in [0.1, 0.15) is 5.82 Å². The van der Waals surface area contributed by atoms with Gasteiger partial charge in [0.2, 0.25) is 0 Å². The Kier molecular flexibility index (Phi) is 3.39. The molecule has 1 saturated heterocycles. The van der Waals surface area contributed by atoms with Crippen LogP contribution in [0.4, 0.5) is 8.78 Å². The molecule has 1 atom stereocenters. The van der Waals surface area contributed by atoms with Gasteiger partial charge in [0.25, 0.3) is 0 Å².